The van der Waals surface area contributed by atoms with Crippen LogP contribution in [0.25, 0.3) is 0 Å². The highest BCUT2D eigenvalue weighted by Crippen LogP contribution is 2.19. The van der Waals surface area contributed by atoms with Crippen molar-refractivity contribution in [1.29, 1.82) is 0 Å². The lowest BCUT2D eigenvalue weighted by Crippen LogP contribution is -2.43. The van der Waals surface area contributed by atoms with Crippen LogP contribution in [-0.4, -0.2) is 52.8 Å². The van der Waals surface area contributed by atoms with E-state index in [9.17, 15) is 5.11 Å². The maximum Gasteiger partial charge on any atom is 0.222 e. The van der Waals surface area contributed by atoms with Crippen LogP contribution >= 0.6 is 11.6 Å². The van der Waals surface area contributed by atoms with Gasteiger partial charge in [-0.05, 0) is 21.0 Å². The number of hydrogen-bond acceptors (Lipinski definition) is 6. The number of aromatic nitrogens is 2. The number of anilines is 2. The van der Waals surface area contributed by atoms with Gasteiger partial charge in [-0.15, -0.1) is 0 Å². The summed E-state index contributed by atoms with van der Waals surface area (Å²) in [5.74, 6) is 0.572. The van der Waals surface area contributed by atoms with Crippen molar-refractivity contribution >= 4 is 23.4 Å². The van der Waals surface area contributed by atoms with Gasteiger partial charge >= 0.3 is 0 Å². The molecular formula is C10H18ClN5O. The van der Waals surface area contributed by atoms with Gasteiger partial charge < -0.3 is 21.1 Å². The van der Waals surface area contributed by atoms with E-state index >= 15 is 0 Å². The number of hydrogen-bond donors (Lipinski definition) is 3. The molecule has 0 bridgehead atoms. The van der Waals surface area contributed by atoms with Gasteiger partial charge in [-0.1, -0.05) is 11.6 Å². The molecule has 96 valence electrons. The molecule has 6 nitrogen and oxygen atoms in total. The highest BCUT2D eigenvalue weighted by Gasteiger charge is 2.21. The summed E-state index contributed by atoms with van der Waals surface area (Å²) < 4.78 is 0. The van der Waals surface area contributed by atoms with Crippen molar-refractivity contribution in [2.75, 3.05) is 38.2 Å². The van der Waals surface area contributed by atoms with Gasteiger partial charge in [0.05, 0.1) is 11.8 Å². The largest absolute Gasteiger partial charge is 0.387 e. The number of aliphatic hydroxyl groups is 1. The number of nitrogens with zero attached hydrogens (tertiary/aromatic N) is 3. The minimum Gasteiger partial charge on any atom is -0.387 e. The first kappa shape index (κ1) is 14.0. The number of nitrogen functional groups attached to an aromatic ring is 1. The minimum atomic E-state index is -0.882. The van der Waals surface area contributed by atoms with E-state index in [0.29, 0.717) is 23.9 Å². The van der Waals surface area contributed by atoms with Crippen molar-refractivity contribution in [3.05, 3.63) is 11.2 Å². The first-order chi connectivity index (χ1) is 7.80. The molecule has 7 heteroatoms. The third-order valence-corrected chi connectivity index (χ3v) is 2.33. The van der Waals surface area contributed by atoms with Crippen LogP contribution in [0.1, 0.15) is 6.92 Å². The molecule has 0 amide bonds. The van der Waals surface area contributed by atoms with E-state index in [-0.39, 0.29) is 5.95 Å². The van der Waals surface area contributed by atoms with Crippen LogP contribution < -0.4 is 11.1 Å². The van der Waals surface area contributed by atoms with Crippen molar-refractivity contribution in [3.8, 4) is 0 Å². The zero-order valence-electron chi connectivity index (χ0n) is 10.2. The molecule has 0 saturated heterocycles. The van der Waals surface area contributed by atoms with E-state index in [1.807, 2.05) is 19.0 Å². The Kier molecular flexibility index (Phi) is 4.50. The van der Waals surface area contributed by atoms with Crippen molar-refractivity contribution < 1.29 is 5.11 Å². The lowest BCUT2D eigenvalue weighted by molar-refractivity contribution is 0.0459. The molecular weight excluding hydrogens is 242 g/mol. The van der Waals surface area contributed by atoms with Gasteiger partial charge in [-0.2, -0.15) is 4.98 Å². The lowest BCUT2D eigenvalue weighted by Gasteiger charge is -2.27. The molecule has 0 radical (unpaired) electrons. The third kappa shape index (κ3) is 4.72. The second kappa shape index (κ2) is 5.48. The van der Waals surface area contributed by atoms with Crippen LogP contribution in [0.3, 0.4) is 0 Å². The van der Waals surface area contributed by atoms with Gasteiger partial charge in [0.2, 0.25) is 5.95 Å². The van der Waals surface area contributed by atoms with Crippen molar-refractivity contribution in [2.45, 2.75) is 12.5 Å². The first-order valence-corrected chi connectivity index (χ1v) is 5.57. The summed E-state index contributed by atoms with van der Waals surface area (Å²) in [5.41, 5.74) is 4.57. The van der Waals surface area contributed by atoms with Gasteiger partial charge in [0.1, 0.15) is 5.02 Å². The highest BCUT2D eigenvalue weighted by atomic mass is 35.5. The van der Waals surface area contributed by atoms with Gasteiger partial charge in [-0.3, -0.25) is 0 Å². The molecule has 1 unspecified atom stereocenters. The molecule has 0 aliphatic carbocycles. The summed E-state index contributed by atoms with van der Waals surface area (Å²) in [6.07, 6.45) is 1.42. The van der Waals surface area contributed by atoms with Crippen LogP contribution in [0.2, 0.25) is 5.02 Å². The van der Waals surface area contributed by atoms with Gasteiger partial charge in [0, 0.05) is 13.1 Å². The number of nitrogens with one attached hydrogen (secondary N) is 1. The third-order valence-electron chi connectivity index (χ3n) is 2.06. The maximum absolute atomic E-state index is 10.1. The molecule has 0 saturated carbocycles. The van der Waals surface area contributed by atoms with Crippen LogP contribution in [0.15, 0.2) is 6.20 Å². The first-order valence-electron chi connectivity index (χ1n) is 5.19. The number of nitrogens with two attached hydrogens (primary N) is 1. The second-order valence-corrected chi connectivity index (χ2v) is 4.92. The van der Waals surface area contributed by atoms with Crippen molar-refractivity contribution in [3.63, 3.8) is 0 Å². The van der Waals surface area contributed by atoms with Crippen LogP contribution in [-0.2, 0) is 0 Å². The summed E-state index contributed by atoms with van der Waals surface area (Å²) in [5, 5.41) is 13.4. The van der Waals surface area contributed by atoms with Crippen LogP contribution in [0.4, 0.5) is 11.8 Å². The Labute approximate surface area is 106 Å². The molecule has 1 rings (SSSR count). The van der Waals surface area contributed by atoms with Gasteiger partial charge in [0.15, 0.2) is 5.82 Å². The van der Waals surface area contributed by atoms with E-state index in [2.05, 4.69) is 15.3 Å². The van der Waals surface area contributed by atoms with E-state index in [4.69, 9.17) is 17.3 Å². The Morgan fingerprint density at radius 1 is 1.59 bits per heavy atom. The fraction of sp³-hybridized carbons (Fsp3) is 0.600. The van der Waals surface area contributed by atoms with Gasteiger partial charge in [-0.25, -0.2) is 4.98 Å². The Morgan fingerprint density at radius 2 is 2.24 bits per heavy atom. The summed E-state index contributed by atoms with van der Waals surface area (Å²) in [6.45, 7) is 2.58. The fourth-order valence-corrected chi connectivity index (χ4v) is 1.67. The van der Waals surface area contributed by atoms with E-state index < -0.39 is 5.60 Å². The fourth-order valence-electron chi connectivity index (χ4n) is 1.52. The molecule has 0 aromatic carbocycles. The number of rotatable bonds is 5. The minimum absolute atomic E-state index is 0.143. The molecule has 1 aromatic rings. The summed E-state index contributed by atoms with van der Waals surface area (Å²) in [6, 6.07) is 0. The van der Waals surface area contributed by atoms with Gasteiger partial charge in [0.25, 0.3) is 0 Å². The van der Waals surface area contributed by atoms with E-state index in [1.54, 1.807) is 6.92 Å². The SMILES string of the molecule is CN(C)CC(C)(O)CNc1nc(N)ncc1Cl. The van der Waals surface area contributed by atoms with Crippen LogP contribution in [0, 0.1) is 0 Å². The number of likely N-dealkylation sites (N-methyl/N-ethyl adjacent to an activating group) is 1. The number of halogens is 1. The molecule has 0 fully saturated rings. The Morgan fingerprint density at radius 3 is 2.82 bits per heavy atom. The standard InChI is InChI=1S/C10H18ClN5O/c1-10(17,6-16(2)3)5-14-8-7(11)4-13-9(12)15-8/h4,17H,5-6H2,1-3H3,(H3,12,13,14,15). The molecule has 1 heterocycles. The molecule has 0 aliphatic rings. The Hall–Kier alpha value is -1.11. The molecule has 0 spiro atoms. The monoisotopic (exact) mass is 259 g/mol. The Balaban J connectivity index is 2.63. The lowest BCUT2D eigenvalue weighted by atomic mass is 10.1. The van der Waals surface area contributed by atoms with E-state index in [0.717, 1.165) is 0 Å². The second-order valence-electron chi connectivity index (χ2n) is 4.51. The van der Waals surface area contributed by atoms with Crippen molar-refractivity contribution in [1.82, 2.24) is 14.9 Å². The molecule has 1 aromatic heterocycles. The van der Waals surface area contributed by atoms with Crippen molar-refractivity contribution in [2.24, 2.45) is 0 Å². The Bertz CT molecular complexity index is 383. The molecule has 0 aliphatic heterocycles. The predicted octanol–water partition coefficient (Wildman–Crippen LogP) is 0.437. The molecule has 17 heavy (non-hydrogen) atoms. The zero-order chi connectivity index (χ0) is 13.1. The molecule has 4 N–H and O–H groups in total. The smallest absolute Gasteiger partial charge is 0.222 e. The summed E-state index contributed by atoms with van der Waals surface area (Å²) in [7, 11) is 3.79. The van der Waals surface area contributed by atoms with Crippen LogP contribution in [0.5, 0.6) is 0 Å². The average molecular weight is 260 g/mol. The highest BCUT2D eigenvalue weighted by molar-refractivity contribution is 6.32. The maximum atomic E-state index is 10.1. The molecule has 1 atom stereocenters. The topological polar surface area (TPSA) is 87.3 Å². The predicted molar refractivity (Wildman–Crippen MR) is 69.1 cm³/mol. The summed E-state index contributed by atoms with van der Waals surface area (Å²) >= 11 is 5.90. The normalized spacial score (nSPS) is 14.7. The summed E-state index contributed by atoms with van der Waals surface area (Å²) in [4.78, 5) is 9.61. The zero-order valence-corrected chi connectivity index (χ0v) is 11.0. The quantitative estimate of drug-likeness (QED) is 0.711. The average Bonchev–Trinajstić information content (AvgIpc) is 2.17. The van der Waals surface area contributed by atoms with E-state index in [1.165, 1.54) is 6.20 Å².